The SMILES string of the molecule is CC(C)(C(=O)N1CCc2ccc(C(=O)O)cc2C1)c1ccc(F)cc1. The summed E-state index contributed by atoms with van der Waals surface area (Å²) in [5.74, 6) is -1.36. The number of fused-ring (bicyclic) bond motifs is 1. The standard InChI is InChI=1S/C20H20FNO3/c1-20(2,16-5-7-17(21)8-6-16)19(25)22-10-9-13-3-4-14(18(23)24)11-15(13)12-22/h3-8,11H,9-10,12H2,1-2H3,(H,23,24). The van der Waals surface area contributed by atoms with Gasteiger partial charge in [0.15, 0.2) is 0 Å². The Bertz CT molecular complexity index is 827. The molecule has 0 fully saturated rings. The molecule has 4 nitrogen and oxygen atoms in total. The van der Waals surface area contributed by atoms with Gasteiger partial charge in [-0.15, -0.1) is 0 Å². The third-order valence-electron chi connectivity index (χ3n) is 4.85. The highest BCUT2D eigenvalue weighted by Crippen LogP contribution is 2.29. The van der Waals surface area contributed by atoms with Gasteiger partial charge in [-0.3, -0.25) is 4.79 Å². The number of carboxylic acids is 1. The van der Waals surface area contributed by atoms with E-state index < -0.39 is 11.4 Å². The van der Waals surface area contributed by atoms with Crippen LogP contribution in [-0.2, 0) is 23.2 Å². The Balaban J connectivity index is 1.85. The van der Waals surface area contributed by atoms with Crippen LogP contribution in [0.5, 0.6) is 0 Å². The summed E-state index contributed by atoms with van der Waals surface area (Å²) >= 11 is 0. The first-order valence-corrected chi connectivity index (χ1v) is 8.19. The van der Waals surface area contributed by atoms with Crippen molar-refractivity contribution in [2.24, 2.45) is 0 Å². The molecule has 25 heavy (non-hydrogen) atoms. The number of hydrogen-bond donors (Lipinski definition) is 1. The number of rotatable bonds is 3. The van der Waals surface area contributed by atoms with Gasteiger partial charge in [0.1, 0.15) is 5.82 Å². The third kappa shape index (κ3) is 3.27. The topological polar surface area (TPSA) is 57.6 Å². The maximum atomic E-state index is 13.2. The molecule has 5 heteroatoms. The lowest BCUT2D eigenvalue weighted by molar-refractivity contribution is -0.137. The van der Waals surface area contributed by atoms with Crippen LogP contribution in [0.25, 0.3) is 0 Å². The number of carboxylic acid groups (broad SMARTS) is 1. The van der Waals surface area contributed by atoms with E-state index in [1.165, 1.54) is 12.1 Å². The summed E-state index contributed by atoms with van der Waals surface area (Å²) in [5, 5.41) is 9.15. The van der Waals surface area contributed by atoms with Crippen molar-refractivity contribution < 1.29 is 19.1 Å². The van der Waals surface area contributed by atoms with E-state index >= 15 is 0 Å². The largest absolute Gasteiger partial charge is 0.478 e. The fourth-order valence-corrected chi connectivity index (χ4v) is 3.25. The Morgan fingerprint density at radius 1 is 1.08 bits per heavy atom. The molecule has 0 atom stereocenters. The molecular formula is C20H20FNO3. The fourth-order valence-electron chi connectivity index (χ4n) is 3.25. The zero-order valence-corrected chi connectivity index (χ0v) is 14.3. The number of aromatic carboxylic acids is 1. The van der Waals surface area contributed by atoms with Crippen molar-refractivity contribution in [2.75, 3.05) is 6.54 Å². The van der Waals surface area contributed by atoms with Crippen LogP contribution in [0.2, 0.25) is 0 Å². The average Bonchev–Trinajstić information content (AvgIpc) is 2.60. The van der Waals surface area contributed by atoms with Crippen LogP contribution >= 0.6 is 0 Å². The second-order valence-corrected chi connectivity index (χ2v) is 6.90. The summed E-state index contributed by atoms with van der Waals surface area (Å²) in [4.78, 5) is 26.0. The van der Waals surface area contributed by atoms with E-state index in [1.54, 1.807) is 29.2 Å². The van der Waals surface area contributed by atoms with Crippen molar-refractivity contribution in [1.29, 1.82) is 0 Å². The van der Waals surface area contributed by atoms with E-state index in [0.717, 1.165) is 16.7 Å². The summed E-state index contributed by atoms with van der Waals surface area (Å²) in [5.41, 5.74) is 2.15. The molecule has 1 heterocycles. The van der Waals surface area contributed by atoms with Crippen LogP contribution in [0.3, 0.4) is 0 Å². The van der Waals surface area contributed by atoms with Crippen LogP contribution < -0.4 is 0 Å². The molecule has 130 valence electrons. The molecule has 0 bridgehead atoms. The van der Waals surface area contributed by atoms with Gasteiger partial charge in [0.05, 0.1) is 11.0 Å². The first-order valence-electron chi connectivity index (χ1n) is 8.19. The van der Waals surface area contributed by atoms with Gasteiger partial charge in [0.25, 0.3) is 0 Å². The lowest BCUT2D eigenvalue weighted by Gasteiger charge is -2.35. The maximum absolute atomic E-state index is 13.2. The van der Waals surface area contributed by atoms with E-state index in [9.17, 15) is 14.0 Å². The first kappa shape index (κ1) is 17.1. The molecule has 0 aliphatic carbocycles. The Labute approximate surface area is 145 Å². The van der Waals surface area contributed by atoms with Crippen LogP contribution in [0.1, 0.15) is 40.9 Å². The molecular weight excluding hydrogens is 321 g/mol. The van der Waals surface area contributed by atoms with Gasteiger partial charge < -0.3 is 10.0 Å². The van der Waals surface area contributed by atoms with Crippen LogP contribution in [0.4, 0.5) is 4.39 Å². The van der Waals surface area contributed by atoms with Gasteiger partial charge in [-0.1, -0.05) is 18.2 Å². The van der Waals surface area contributed by atoms with E-state index in [2.05, 4.69) is 0 Å². The van der Waals surface area contributed by atoms with E-state index in [1.807, 2.05) is 19.9 Å². The zero-order chi connectivity index (χ0) is 18.2. The van der Waals surface area contributed by atoms with Gasteiger partial charge in [0.2, 0.25) is 5.91 Å². The molecule has 3 rings (SSSR count). The molecule has 0 unspecified atom stereocenters. The zero-order valence-electron chi connectivity index (χ0n) is 14.3. The number of halogens is 1. The molecule has 1 N–H and O–H groups in total. The number of nitrogens with zero attached hydrogens (tertiary/aromatic N) is 1. The molecule has 0 aromatic heterocycles. The molecule has 1 aliphatic heterocycles. The highest BCUT2D eigenvalue weighted by molar-refractivity contribution is 5.89. The van der Waals surface area contributed by atoms with Crippen molar-refractivity contribution >= 4 is 11.9 Å². The smallest absolute Gasteiger partial charge is 0.335 e. The van der Waals surface area contributed by atoms with E-state index in [-0.39, 0.29) is 17.3 Å². The molecule has 0 saturated carbocycles. The molecule has 1 aliphatic rings. The average molecular weight is 341 g/mol. The fraction of sp³-hybridized carbons (Fsp3) is 0.300. The van der Waals surface area contributed by atoms with Crippen molar-refractivity contribution in [1.82, 2.24) is 4.90 Å². The minimum absolute atomic E-state index is 0.0505. The van der Waals surface area contributed by atoms with Gasteiger partial charge in [0, 0.05) is 13.1 Å². The van der Waals surface area contributed by atoms with Gasteiger partial charge in [-0.05, 0) is 61.2 Å². The van der Waals surface area contributed by atoms with Crippen molar-refractivity contribution in [2.45, 2.75) is 32.2 Å². The summed E-state index contributed by atoms with van der Waals surface area (Å²) in [6, 6.07) is 11.0. The quantitative estimate of drug-likeness (QED) is 0.931. The Morgan fingerprint density at radius 3 is 2.40 bits per heavy atom. The second-order valence-electron chi connectivity index (χ2n) is 6.90. The monoisotopic (exact) mass is 341 g/mol. The predicted molar refractivity (Wildman–Crippen MR) is 91.9 cm³/mol. The Morgan fingerprint density at radius 2 is 1.76 bits per heavy atom. The van der Waals surface area contributed by atoms with Gasteiger partial charge in [-0.25, -0.2) is 9.18 Å². The van der Waals surface area contributed by atoms with Gasteiger partial charge in [-0.2, -0.15) is 0 Å². The molecule has 0 radical (unpaired) electrons. The number of amides is 1. The summed E-state index contributed by atoms with van der Waals surface area (Å²) in [6.07, 6.45) is 0.695. The summed E-state index contributed by atoms with van der Waals surface area (Å²) in [7, 11) is 0. The third-order valence-corrected chi connectivity index (χ3v) is 4.85. The minimum Gasteiger partial charge on any atom is -0.478 e. The number of carbonyl (C=O) groups is 2. The van der Waals surface area contributed by atoms with E-state index in [0.29, 0.717) is 19.5 Å². The van der Waals surface area contributed by atoms with Crippen LogP contribution in [0, 0.1) is 5.82 Å². The predicted octanol–water partition coefficient (Wildman–Crippen LogP) is 3.39. The lowest BCUT2D eigenvalue weighted by Crippen LogP contribution is -2.45. The highest BCUT2D eigenvalue weighted by Gasteiger charge is 2.35. The summed E-state index contributed by atoms with van der Waals surface area (Å²) in [6.45, 7) is 4.63. The molecule has 1 amide bonds. The first-order chi connectivity index (χ1) is 11.8. The van der Waals surface area contributed by atoms with Crippen LogP contribution in [0.15, 0.2) is 42.5 Å². The summed E-state index contributed by atoms with van der Waals surface area (Å²) < 4.78 is 13.2. The van der Waals surface area contributed by atoms with Crippen molar-refractivity contribution in [3.05, 3.63) is 70.5 Å². The Hall–Kier alpha value is -2.69. The number of carbonyl (C=O) groups excluding carboxylic acids is 1. The lowest BCUT2D eigenvalue weighted by atomic mass is 9.82. The highest BCUT2D eigenvalue weighted by atomic mass is 19.1. The van der Waals surface area contributed by atoms with Gasteiger partial charge >= 0.3 is 5.97 Å². The Kier molecular flexibility index (Phi) is 4.33. The number of benzene rings is 2. The molecule has 0 saturated heterocycles. The number of hydrogen-bond acceptors (Lipinski definition) is 2. The molecule has 2 aromatic rings. The minimum atomic E-state index is -0.974. The van der Waals surface area contributed by atoms with Crippen molar-refractivity contribution in [3.63, 3.8) is 0 Å². The van der Waals surface area contributed by atoms with Crippen molar-refractivity contribution in [3.8, 4) is 0 Å². The van der Waals surface area contributed by atoms with Crippen LogP contribution in [-0.4, -0.2) is 28.4 Å². The maximum Gasteiger partial charge on any atom is 0.335 e. The molecule has 0 spiro atoms. The normalized spacial score (nSPS) is 14.1. The molecule has 2 aromatic carbocycles. The van der Waals surface area contributed by atoms with E-state index in [4.69, 9.17) is 5.11 Å². The second kappa shape index (κ2) is 6.31.